The first-order valence-electron chi connectivity index (χ1n) is 6.14. The van der Waals surface area contributed by atoms with Crippen LogP contribution in [0.15, 0.2) is 17.5 Å². The molecule has 2 N–H and O–H groups in total. The fourth-order valence-electron chi connectivity index (χ4n) is 1.54. The number of carbonyl (C=O) groups is 1. The Morgan fingerprint density at radius 3 is 2.65 bits per heavy atom. The van der Waals surface area contributed by atoms with Gasteiger partial charge in [-0.25, -0.2) is 0 Å². The predicted octanol–water partition coefficient (Wildman–Crippen LogP) is 2.70. The van der Waals surface area contributed by atoms with E-state index in [4.69, 9.17) is 0 Å². The summed E-state index contributed by atoms with van der Waals surface area (Å²) in [5, 5.41) is 8.34. The van der Waals surface area contributed by atoms with Crippen molar-refractivity contribution in [1.82, 2.24) is 10.6 Å². The molecule has 0 aromatic carbocycles. The zero-order valence-electron chi connectivity index (χ0n) is 11.0. The molecule has 0 spiro atoms. The molecular weight excluding hydrogens is 232 g/mol. The normalized spacial score (nSPS) is 16.2. The summed E-state index contributed by atoms with van der Waals surface area (Å²) >= 11 is 1.71. The smallest absolute Gasteiger partial charge is 0.237 e. The van der Waals surface area contributed by atoms with Crippen LogP contribution >= 0.6 is 11.3 Å². The lowest BCUT2D eigenvalue weighted by Crippen LogP contribution is -2.45. The summed E-state index contributed by atoms with van der Waals surface area (Å²) in [7, 11) is 0. The van der Waals surface area contributed by atoms with Crippen LogP contribution in [-0.4, -0.2) is 18.0 Å². The van der Waals surface area contributed by atoms with Gasteiger partial charge in [-0.05, 0) is 38.6 Å². The Bertz CT molecular complexity index is 337. The first-order chi connectivity index (χ1) is 8.04. The first kappa shape index (κ1) is 14.2. The molecule has 3 atom stereocenters. The Morgan fingerprint density at radius 2 is 2.12 bits per heavy atom. The molecule has 0 aliphatic rings. The average Bonchev–Trinajstić information content (AvgIpc) is 2.82. The lowest BCUT2D eigenvalue weighted by molar-refractivity contribution is -0.123. The van der Waals surface area contributed by atoms with Crippen molar-refractivity contribution < 1.29 is 4.79 Å². The number of hydrogen-bond acceptors (Lipinski definition) is 3. The van der Waals surface area contributed by atoms with E-state index >= 15 is 0 Å². The van der Waals surface area contributed by atoms with Crippen molar-refractivity contribution in [2.24, 2.45) is 0 Å². The van der Waals surface area contributed by atoms with Crippen LogP contribution in [0.25, 0.3) is 0 Å². The average molecular weight is 254 g/mol. The lowest BCUT2D eigenvalue weighted by Gasteiger charge is -2.20. The fraction of sp³-hybridized carbons (Fsp3) is 0.615. The second-order valence-corrected chi connectivity index (χ2v) is 5.42. The topological polar surface area (TPSA) is 41.1 Å². The number of rotatable bonds is 6. The molecule has 0 saturated carbocycles. The molecule has 0 aliphatic carbocycles. The molecule has 1 heterocycles. The van der Waals surface area contributed by atoms with E-state index in [1.54, 1.807) is 11.3 Å². The number of thiophene rings is 1. The van der Waals surface area contributed by atoms with Gasteiger partial charge >= 0.3 is 0 Å². The monoisotopic (exact) mass is 254 g/mol. The minimum absolute atomic E-state index is 0.0720. The van der Waals surface area contributed by atoms with Crippen molar-refractivity contribution in [2.45, 2.75) is 52.2 Å². The van der Waals surface area contributed by atoms with Crippen LogP contribution in [0.5, 0.6) is 0 Å². The molecule has 0 bridgehead atoms. The summed E-state index contributed by atoms with van der Waals surface area (Å²) in [6.45, 7) is 8.07. The summed E-state index contributed by atoms with van der Waals surface area (Å²) in [4.78, 5) is 13.1. The summed E-state index contributed by atoms with van der Waals surface area (Å²) in [6, 6.07) is 4.40. The van der Waals surface area contributed by atoms with Crippen molar-refractivity contribution in [1.29, 1.82) is 0 Å². The molecule has 3 nitrogen and oxygen atoms in total. The Morgan fingerprint density at radius 1 is 1.41 bits per heavy atom. The molecule has 0 aliphatic heterocycles. The van der Waals surface area contributed by atoms with Crippen LogP contribution in [0.2, 0.25) is 0 Å². The first-order valence-corrected chi connectivity index (χ1v) is 7.02. The number of carbonyl (C=O) groups excluding carboxylic acids is 1. The van der Waals surface area contributed by atoms with Crippen molar-refractivity contribution in [3.05, 3.63) is 22.4 Å². The number of hydrogen-bond donors (Lipinski definition) is 2. The zero-order valence-corrected chi connectivity index (χ0v) is 11.8. The Balaban J connectivity index is 2.43. The maximum absolute atomic E-state index is 11.8. The number of amides is 1. The molecule has 2 unspecified atom stereocenters. The van der Waals surface area contributed by atoms with E-state index in [1.165, 1.54) is 4.88 Å². The van der Waals surface area contributed by atoms with Crippen molar-refractivity contribution in [2.75, 3.05) is 0 Å². The van der Waals surface area contributed by atoms with Gasteiger partial charge in [-0.1, -0.05) is 13.0 Å². The molecule has 1 rings (SSSR count). The Labute approximate surface area is 108 Å². The Kier molecular flexibility index (Phi) is 5.65. The van der Waals surface area contributed by atoms with Gasteiger partial charge in [0.25, 0.3) is 0 Å². The van der Waals surface area contributed by atoms with Gasteiger partial charge in [-0.3, -0.25) is 10.1 Å². The second kappa shape index (κ2) is 6.77. The van der Waals surface area contributed by atoms with Gasteiger partial charge < -0.3 is 5.32 Å². The SMILES string of the molecule is CCC(C)NC(=O)C(C)N[C@@H](C)c1cccs1. The van der Waals surface area contributed by atoms with Gasteiger partial charge in [-0.15, -0.1) is 11.3 Å². The van der Waals surface area contributed by atoms with Crippen LogP contribution in [0.1, 0.15) is 45.0 Å². The predicted molar refractivity (Wildman–Crippen MR) is 73.2 cm³/mol. The van der Waals surface area contributed by atoms with Crippen molar-refractivity contribution in [3.8, 4) is 0 Å². The van der Waals surface area contributed by atoms with E-state index in [0.29, 0.717) is 0 Å². The maximum Gasteiger partial charge on any atom is 0.237 e. The lowest BCUT2D eigenvalue weighted by atomic mass is 10.2. The molecule has 1 amide bonds. The molecule has 17 heavy (non-hydrogen) atoms. The molecule has 1 aromatic heterocycles. The standard InChI is InChI=1S/C13H22N2OS/c1-5-9(2)14-13(16)11(4)15-10(3)12-7-6-8-17-12/h6-11,15H,5H2,1-4H3,(H,14,16)/t9?,10-,11?/m0/s1. The number of nitrogens with one attached hydrogen (secondary N) is 2. The van der Waals surface area contributed by atoms with E-state index in [2.05, 4.69) is 35.9 Å². The van der Waals surface area contributed by atoms with E-state index in [0.717, 1.165) is 6.42 Å². The van der Waals surface area contributed by atoms with Crippen LogP contribution in [0.4, 0.5) is 0 Å². The fourth-order valence-corrected chi connectivity index (χ4v) is 2.28. The van der Waals surface area contributed by atoms with Gasteiger partial charge in [0.15, 0.2) is 0 Å². The van der Waals surface area contributed by atoms with E-state index in [1.807, 2.05) is 19.9 Å². The minimum Gasteiger partial charge on any atom is -0.352 e. The molecule has 1 aromatic rings. The van der Waals surface area contributed by atoms with E-state index in [-0.39, 0.29) is 24.0 Å². The highest BCUT2D eigenvalue weighted by Crippen LogP contribution is 2.18. The van der Waals surface area contributed by atoms with Crippen LogP contribution < -0.4 is 10.6 Å². The molecule has 0 radical (unpaired) electrons. The molecule has 96 valence electrons. The highest BCUT2D eigenvalue weighted by atomic mass is 32.1. The summed E-state index contributed by atoms with van der Waals surface area (Å²) in [5.74, 6) is 0.0720. The van der Waals surface area contributed by atoms with Gasteiger partial charge in [-0.2, -0.15) is 0 Å². The van der Waals surface area contributed by atoms with Crippen molar-refractivity contribution >= 4 is 17.2 Å². The van der Waals surface area contributed by atoms with Gasteiger partial charge in [0.05, 0.1) is 6.04 Å². The zero-order chi connectivity index (χ0) is 12.8. The highest BCUT2D eigenvalue weighted by molar-refractivity contribution is 7.10. The third kappa shape index (κ3) is 4.48. The van der Waals surface area contributed by atoms with Crippen molar-refractivity contribution in [3.63, 3.8) is 0 Å². The van der Waals surface area contributed by atoms with Crippen LogP contribution in [0.3, 0.4) is 0 Å². The van der Waals surface area contributed by atoms with E-state index < -0.39 is 0 Å². The minimum atomic E-state index is -0.166. The molecule has 0 fully saturated rings. The molecular formula is C13H22N2OS. The summed E-state index contributed by atoms with van der Waals surface area (Å²) < 4.78 is 0. The van der Waals surface area contributed by atoms with Crippen LogP contribution in [-0.2, 0) is 4.79 Å². The van der Waals surface area contributed by atoms with E-state index in [9.17, 15) is 4.79 Å². The molecule has 4 heteroatoms. The quantitative estimate of drug-likeness (QED) is 0.819. The third-order valence-electron chi connectivity index (χ3n) is 2.86. The molecule has 0 saturated heterocycles. The summed E-state index contributed by atoms with van der Waals surface area (Å²) in [6.07, 6.45) is 0.957. The van der Waals surface area contributed by atoms with Gasteiger partial charge in [0.2, 0.25) is 5.91 Å². The maximum atomic E-state index is 11.8. The largest absolute Gasteiger partial charge is 0.352 e. The highest BCUT2D eigenvalue weighted by Gasteiger charge is 2.17. The van der Waals surface area contributed by atoms with Crippen LogP contribution in [0, 0.1) is 0 Å². The van der Waals surface area contributed by atoms with Gasteiger partial charge in [0.1, 0.15) is 0 Å². The second-order valence-electron chi connectivity index (χ2n) is 4.44. The Hall–Kier alpha value is -0.870. The third-order valence-corrected chi connectivity index (χ3v) is 3.92. The summed E-state index contributed by atoms with van der Waals surface area (Å²) in [5.41, 5.74) is 0. The van der Waals surface area contributed by atoms with Gasteiger partial charge in [0, 0.05) is 17.0 Å².